The molecule has 21 heavy (non-hydrogen) atoms. The summed E-state index contributed by atoms with van der Waals surface area (Å²) in [6.45, 7) is 0. The van der Waals surface area contributed by atoms with Crippen molar-refractivity contribution in [3.63, 3.8) is 0 Å². The monoisotopic (exact) mass is 298 g/mol. The van der Waals surface area contributed by atoms with Crippen molar-refractivity contribution in [3.8, 4) is 17.5 Å². The van der Waals surface area contributed by atoms with Gasteiger partial charge in [0.05, 0.1) is 35.0 Å². The topological polar surface area (TPSA) is 76.9 Å². The van der Waals surface area contributed by atoms with Crippen molar-refractivity contribution in [2.45, 2.75) is 0 Å². The largest absolute Gasteiger partial charge is 0.494 e. The first-order valence-corrected chi connectivity index (χ1v) is 6.54. The molecule has 0 spiro atoms. The number of imidazole rings is 1. The number of benzene rings is 2. The van der Waals surface area contributed by atoms with Crippen LogP contribution < -0.4 is 10.5 Å². The molecule has 0 amide bonds. The number of hydrogen-bond acceptors (Lipinski definition) is 4. The minimum Gasteiger partial charge on any atom is -0.494 e. The number of fused-ring (bicyclic) bond motifs is 1. The second-order valence-electron chi connectivity index (χ2n) is 4.41. The van der Waals surface area contributed by atoms with Crippen molar-refractivity contribution >= 4 is 28.6 Å². The highest BCUT2D eigenvalue weighted by Crippen LogP contribution is 2.32. The minimum absolute atomic E-state index is 0.284. The third-order valence-corrected chi connectivity index (χ3v) is 3.53. The van der Waals surface area contributed by atoms with Gasteiger partial charge >= 0.3 is 0 Å². The molecular formula is C15H11ClN4O. The molecule has 0 saturated heterocycles. The quantitative estimate of drug-likeness (QED) is 0.788. The molecular weight excluding hydrogens is 288 g/mol. The van der Waals surface area contributed by atoms with Gasteiger partial charge in [0.2, 0.25) is 5.95 Å². The molecule has 6 heteroatoms. The maximum Gasteiger partial charge on any atom is 0.206 e. The second kappa shape index (κ2) is 5.00. The normalized spacial score (nSPS) is 10.5. The van der Waals surface area contributed by atoms with E-state index in [9.17, 15) is 0 Å². The maximum atomic E-state index is 9.05. The van der Waals surface area contributed by atoms with Crippen LogP contribution in [0.3, 0.4) is 0 Å². The van der Waals surface area contributed by atoms with Crippen LogP contribution in [0.1, 0.15) is 5.56 Å². The molecule has 0 unspecified atom stereocenters. The molecule has 0 aliphatic heterocycles. The van der Waals surface area contributed by atoms with Gasteiger partial charge in [-0.1, -0.05) is 17.7 Å². The van der Waals surface area contributed by atoms with Crippen LogP contribution in [0.4, 0.5) is 5.95 Å². The fourth-order valence-electron chi connectivity index (χ4n) is 2.26. The molecule has 0 aliphatic rings. The van der Waals surface area contributed by atoms with E-state index < -0.39 is 0 Å². The zero-order valence-corrected chi connectivity index (χ0v) is 11.9. The first kappa shape index (κ1) is 13.3. The number of nitrogens with zero attached hydrogens (tertiary/aromatic N) is 3. The molecule has 2 aromatic carbocycles. The Hall–Kier alpha value is -2.71. The minimum atomic E-state index is 0.284. The van der Waals surface area contributed by atoms with Gasteiger partial charge in [-0.05, 0) is 30.3 Å². The molecule has 0 saturated carbocycles. The predicted molar refractivity (Wildman–Crippen MR) is 81.8 cm³/mol. The summed E-state index contributed by atoms with van der Waals surface area (Å²) in [5.41, 5.74) is 8.55. The fourth-order valence-corrected chi connectivity index (χ4v) is 2.47. The van der Waals surface area contributed by atoms with Crippen LogP contribution in [0.2, 0.25) is 5.02 Å². The highest BCUT2D eigenvalue weighted by Gasteiger charge is 2.15. The van der Waals surface area contributed by atoms with Crippen molar-refractivity contribution in [2.24, 2.45) is 0 Å². The van der Waals surface area contributed by atoms with Gasteiger partial charge in [0, 0.05) is 0 Å². The Labute approximate surface area is 126 Å². The van der Waals surface area contributed by atoms with Crippen molar-refractivity contribution in [1.82, 2.24) is 9.55 Å². The van der Waals surface area contributed by atoms with E-state index >= 15 is 0 Å². The lowest BCUT2D eigenvalue weighted by Gasteiger charge is -2.09. The number of ether oxygens (including phenoxy) is 1. The molecule has 2 N–H and O–H groups in total. The maximum absolute atomic E-state index is 9.05. The zero-order valence-electron chi connectivity index (χ0n) is 11.2. The lowest BCUT2D eigenvalue weighted by Crippen LogP contribution is -2.01. The van der Waals surface area contributed by atoms with Crippen LogP contribution >= 0.6 is 11.6 Å². The number of nitriles is 1. The second-order valence-corrected chi connectivity index (χ2v) is 4.82. The Morgan fingerprint density at radius 3 is 2.86 bits per heavy atom. The zero-order chi connectivity index (χ0) is 15.0. The van der Waals surface area contributed by atoms with E-state index in [0.29, 0.717) is 27.5 Å². The Balaban J connectivity index is 2.36. The van der Waals surface area contributed by atoms with Crippen molar-refractivity contribution in [2.75, 3.05) is 12.8 Å². The third kappa shape index (κ3) is 2.06. The number of hydrogen-bond donors (Lipinski definition) is 1. The van der Waals surface area contributed by atoms with Crippen LogP contribution in [-0.2, 0) is 0 Å². The summed E-state index contributed by atoms with van der Waals surface area (Å²) < 4.78 is 7.00. The van der Waals surface area contributed by atoms with Gasteiger partial charge in [-0.2, -0.15) is 5.26 Å². The SMILES string of the molecule is COc1cccc2c1nc(N)n2-c1cc(C#N)ccc1Cl. The fraction of sp³-hybridized carbons (Fsp3) is 0.0667. The summed E-state index contributed by atoms with van der Waals surface area (Å²) >= 11 is 6.25. The van der Waals surface area contributed by atoms with Gasteiger partial charge < -0.3 is 10.5 Å². The standard InChI is InChI=1S/C15H11ClN4O/c1-21-13-4-2-3-11-14(13)19-15(18)20(11)12-7-9(8-17)5-6-10(12)16/h2-7H,1H3,(H2,18,19). The van der Waals surface area contributed by atoms with E-state index in [0.717, 1.165) is 5.52 Å². The lowest BCUT2D eigenvalue weighted by molar-refractivity contribution is 0.419. The summed E-state index contributed by atoms with van der Waals surface area (Å²) in [6, 6.07) is 12.6. The highest BCUT2D eigenvalue weighted by molar-refractivity contribution is 6.32. The predicted octanol–water partition coefficient (Wildman–Crippen LogP) is 3.14. The van der Waals surface area contributed by atoms with Gasteiger partial charge in [0.1, 0.15) is 11.3 Å². The van der Waals surface area contributed by atoms with E-state index in [4.69, 9.17) is 27.3 Å². The molecule has 104 valence electrons. The molecule has 0 aliphatic carbocycles. The van der Waals surface area contributed by atoms with Crippen molar-refractivity contribution in [1.29, 1.82) is 5.26 Å². The van der Waals surface area contributed by atoms with Crippen LogP contribution in [0, 0.1) is 11.3 Å². The lowest BCUT2D eigenvalue weighted by atomic mass is 10.2. The van der Waals surface area contributed by atoms with Crippen molar-refractivity contribution in [3.05, 3.63) is 47.0 Å². The van der Waals surface area contributed by atoms with Crippen LogP contribution in [0.25, 0.3) is 16.7 Å². The third-order valence-electron chi connectivity index (χ3n) is 3.21. The highest BCUT2D eigenvalue weighted by atomic mass is 35.5. The molecule has 0 atom stereocenters. The number of methoxy groups -OCH3 is 1. The Kier molecular flexibility index (Phi) is 3.16. The van der Waals surface area contributed by atoms with E-state index in [1.807, 2.05) is 18.2 Å². The molecule has 5 nitrogen and oxygen atoms in total. The molecule has 3 rings (SSSR count). The number of aromatic nitrogens is 2. The Morgan fingerprint density at radius 1 is 1.33 bits per heavy atom. The summed E-state index contributed by atoms with van der Waals surface area (Å²) in [5, 5.41) is 9.53. The summed E-state index contributed by atoms with van der Waals surface area (Å²) in [5.74, 6) is 0.914. The van der Waals surface area contributed by atoms with Gasteiger partial charge in [0.25, 0.3) is 0 Å². The smallest absolute Gasteiger partial charge is 0.206 e. The van der Waals surface area contributed by atoms with Crippen LogP contribution in [-0.4, -0.2) is 16.7 Å². The van der Waals surface area contributed by atoms with Gasteiger partial charge in [-0.15, -0.1) is 0 Å². The number of halogens is 1. The van der Waals surface area contributed by atoms with Gasteiger partial charge in [-0.25, -0.2) is 4.98 Å². The summed E-state index contributed by atoms with van der Waals surface area (Å²) in [6.07, 6.45) is 0. The molecule has 1 aromatic heterocycles. The van der Waals surface area contributed by atoms with E-state index in [-0.39, 0.29) is 5.95 Å². The first-order chi connectivity index (χ1) is 10.2. The number of nitrogens with two attached hydrogens (primary N) is 1. The van der Waals surface area contributed by atoms with Crippen molar-refractivity contribution < 1.29 is 4.74 Å². The Bertz CT molecular complexity index is 879. The van der Waals surface area contributed by atoms with Crippen LogP contribution in [0.15, 0.2) is 36.4 Å². The molecule has 0 fully saturated rings. The molecule has 3 aromatic rings. The number of nitrogen functional groups attached to an aromatic ring is 1. The van der Waals surface area contributed by atoms with E-state index in [1.54, 1.807) is 29.9 Å². The summed E-state index contributed by atoms with van der Waals surface area (Å²) in [7, 11) is 1.58. The molecule has 1 heterocycles. The summed E-state index contributed by atoms with van der Waals surface area (Å²) in [4.78, 5) is 4.33. The average molecular weight is 299 g/mol. The molecule has 0 bridgehead atoms. The van der Waals surface area contributed by atoms with E-state index in [1.165, 1.54) is 0 Å². The number of rotatable bonds is 2. The van der Waals surface area contributed by atoms with Gasteiger partial charge in [0.15, 0.2) is 0 Å². The van der Waals surface area contributed by atoms with Gasteiger partial charge in [-0.3, -0.25) is 4.57 Å². The number of anilines is 1. The Morgan fingerprint density at radius 2 is 2.14 bits per heavy atom. The average Bonchev–Trinajstić information content (AvgIpc) is 2.83. The van der Waals surface area contributed by atoms with Crippen LogP contribution in [0.5, 0.6) is 5.75 Å². The molecule has 0 radical (unpaired) electrons. The number of para-hydroxylation sites is 1. The van der Waals surface area contributed by atoms with E-state index in [2.05, 4.69) is 11.1 Å². The first-order valence-electron chi connectivity index (χ1n) is 6.16.